The van der Waals surface area contributed by atoms with E-state index in [0.29, 0.717) is 13.1 Å². The van der Waals surface area contributed by atoms with E-state index in [0.717, 1.165) is 24.1 Å². The average Bonchev–Trinajstić information content (AvgIpc) is 3.08. The maximum absolute atomic E-state index is 12.8. The Hall–Kier alpha value is -1.67. The van der Waals surface area contributed by atoms with Crippen molar-refractivity contribution >= 4 is 10.0 Å². The number of aromatic nitrogens is 4. The molecule has 22 heavy (non-hydrogen) atoms. The lowest BCUT2D eigenvalue weighted by molar-refractivity contribution is 0.235. The van der Waals surface area contributed by atoms with Crippen LogP contribution >= 0.6 is 0 Å². The number of rotatable bonds is 3. The summed E-state index contributed by atoms with van der Waals surface area (Å²) in [6.45, 7) is 5.09. The Kier molecular flexibility index (Phi) is 3.60. The Morgan fingerprint density at radius 2 is 2.14 bits per heavy atom. The van der Waals surface area contributed by atoms with Gasteiger partial charge < -0.3 is 0 Å². The molecule has 120 valence electrons. The van der Waals surface area contributed by atoms with Crippen LogP contribution in [0.2, 0.25) is 0 Å². The van der Waals surface area contributed by atoms with Gasteiger partial charge in [-0.2, -0.15) is 14.5 Å². The van der Waals surface area contributed by atoms with Gasteiger partial charge >= 0.3 is 0 Å². The minimum absolute atomic E-state index is 0.242. The van der Waals surface area contributed by atoms with Crippen LogP contribution in [-0.4, -0.2) is 45.8 Å². The number of sulfonamides is 1. The minimum atomic E-state index is -3.50. The molecular weight excluding hydrogens is 302 g/mol. The Morgan fingerprint density at radius 3 is 2.73 bits per heavy atom. The van der Waals surface area contributed by atoms with E-state index in [1.54, 1.807) is 23.7 Å². The van der Waals surface area contributed by atoms with E-state index in [1.807, 2.05) is 6.92 Å². The summed E-state index contributed by atoms with van der Waals surface area (Å²) in [6.07, 6.45) is 6.50. The van der Waals surface area contributed by atoms with Gasteiger partial charge in [-0.1, -0.05) is 6.92 Å². The third kappa shape index (κ3) is 2.46. The van der Waals surface area contributed by atoms with Crippen molar-refractivity contribution in [1.29, 1.82) is 0 Å². The molecule has 0 amide bonds. The predicted molar refractivity (Wildman–Crippen MR) is 81.9 cm³/mol. The van der Waals surface area contributed by atoms with Gasteiger partial charge in [-0.25, -0.2) is 8.42 Å². The van der Waals surface area contributed by atoms with Crippen LogP contribution in [0.15, 0.2) is 23.5 Å². The molecule has 2 aromatic heterocycles. The quantitative estimate of drug-likeness (QED) is 0.920. The normalized spacial score (nSPS) is 23.8. The fourth-order valence-electron chi connectivity index (χ4n) is 3.24. The summed E-state index contributed by atoms with van der Waals surface area (Å²) >= 11 is 0. The van der Waals surface area contributed by atoms with Crippen LogP contribution in [0.3, 0.4) is 0 Å². The van der Waals surface area contributed by atoms with Crippen LogP contribution in [0.5, 0.6) is 0 Å². The summed E-state index contributed by atoms with van der Waals surface area (Å²) in [4.78, 5) is 0.251. The lowest BCUT2D eigenvalue weighted by Gasteiger charge is -2.39. The van der Waals surface area contributed by atoms with Crippen molar-refractivity contribution in [3.8, 4) is 0 Å². The van der Waals surface area contributed by atoms with Crippen molar-refractivity contribution in [3.05, 3.63) is 29.8 Å². The molecule has 0 aromatic carbocycles. The second-order valence-electron chi connectivity index (χ2n) is 6.28. The summed E-state index contributed by atoms with van der Waals surface area (Å²) in [5.74, 6) is 0. The summed E-state index contributed by atoms with van der Waals surface area (Å²) in [7, 11) is -1.78. The van der Waals surface area contributed by atoms with Crippen molar-refractivity contribution in [3.63, 3.8) is 0 Å². The Bertz CT molecular complexity index is 779. The monoisotopic (exact) mass is 323 g/mol. The molecule has 1 saturated heterocycles. The number of aryl methyl sites for hydroxylation is 2. The first kappa shape index (κ1) is 15.2. The van der Waals surface area contributed by atoms with E-state index in [2.05, 4.69) is 22.2 Å². The van der Waals surface area contributed by atoms with Gasteiger partial charge in [0.1, 0.15) is 4.90 Å². The third-order valence-corrected chi connectivity index (χ3v) is 6.21. The highest BCUT2D eigenvalue weighted by atomic mass is 32.2. The van der Waals surface area contributed by atoms with Gasteiger partial charge in [-0.05, 0) is 25.3 Å². The van der Waals surface area contributed by atoms with E-state index in [9.17, 15) is 8.42 Å². The lowest BCUT2D eigenvalue weighted by atomic mass is 9.78. The maximum Gasteiger partial charge on any atom is 0.246 e. The third-order valence-electron chi connectivity index (χ3n) is 4.41. The van der Waals surface area contributed by atoms with Gasteiger partial charge in [0.2, 0.25) is 10.0 Å². The maximum atomic E-state index is 12.8. The Morgan fingerprint density at radius 1 is 1.36 bits per heavy atom. The lowest BCUT2D eigenvalue weighted by Crippen LogP contribution is -2.47. The molecule has 0 bridgehead atoms. The largest absolute Gasteiger partial charge is 0.282 e. The molecule has 2 aromatic rings. The van der Waals surface area contributed by atoms with Crippen LogP contribution in [0.1, 0.15) is 31.0 Å². The molecule has 0 aliphatic carbocycles. The van der Waals surface area contributed by atoms with Crippen LogP contribution < -0.4 is 0 Å². The van der Waals surface area contributed by atoms with Crippen LogP contribution in [0.4, 0.5) is 0 Å². The number of aromatic amines is 1. The highest BCUT2D eigenvalue weighted by Crippen LogP contribution is 2.36. The number of hydrogen-bond acceptors (Lipinski definition) is 4. The number of H-pyrrole nitrogens is 1. The van der Waals surface area contributed by atoms with E-state index < -0.39 is 10.0 Å². The number of nitrogens with one attached hydrogen (secondary N) is 1. The van der Waals surface area contributed by atoms with Crippen molar-refractivity contribution in [2.75, 3.05) is 13.1 Å². The van der Waals surface area contributed by atoms with E-state index in [-0.39, 0.29) is 10.3 Å². The van der Waals surface area contributed by atoms with Gasteiger partial charge in [-0.3, -0.25) is 9.78 Å². The molecule has 1 aliphatic rings. The zero-order valence-corrected chi connectivity index (χ0v) is 13.9. The van der Waals surface area contributed by atoms with E-state index >= 15 is 0 Å². The van der Waals surface area contributed by atoms with Crippen LogP contribution in [0.25, 0.3) is 0 Å². The molecule has 0 unspecified atom stereocenters. The molecule has 0 spiro atoms. The molecular formula is C14H21N5O2S. The second-order valence-corrected chi connectivity index (χ2v) is 8.22. The van der Waals surface area contributed by atoms with Crippen molar-refractivity contribution in [2.24, 2.45) is 7.05 Å². The summed E-state index contributed by atoms with van der Waals surface area (Å²) in [6, 6.07) is 0. The number of piperidine rings is 1. The fraction of sp³-hybridized carbons (Fsp3) is 0.571. The molecule has 1 atom stereocenters. The molecule has 0 radical (unpaired) electrons. The fourth-order valence-corrected chi connectivity index (χ4v) is 4.83. The first-order valence-electron chi connectivity index (χ1n) is 7.32. The Balaban J connectivity index is 1.92. The van der Waals surface area contributed by atoms with Crippen molar-refractivity contribution in [1.82, 2.24) is 24.3 Å². The highest BCUT2D eigenvalue weighted by Gasteiger charge is 2.40. The first-order valence-corrected chi connectivity index (χ1v) is 8.76. The van der Waals surface area contributed by atoms with Crippen LogP contribution in [-0.2, 0) is 22.5 Å². The predicted octanol–water partition coefficient (Wildman–Crippen LogP) is 1.19. The zero-order chi connectivity index (χ0) is 16.0. The van der Waals surface area contributed by atoms with E-state index in [1.165, 1.54) is 10.9 Å². The second kappa shape index (κ2) is 5.20. The smallest absolute Gasteiger partial charge is 0.246 e. The SMILES string of the molecule is Cc1cn[nH]c1[C@@]1(C)CCCN(S(=O)(=O)c2cnn(C)c2)C1. The Labute approximate surface area is 130 Å². The van der Waals surface area contributed by atoms with Gasteiger partial charge in [0.15, 0.2) is 0 Å². The molecule has 3 heterocycles. The molecule has 1 aliphatic heterocycles. The standard InChI is InChI=1S/C14H21N5O2S/c1-11-7-15-17-13(11)14(2)5-4-6-19(10-14)22(20,21)12-8-16-18(3)9-12/h7-9H,4-6,10H2,1-3H3,(H,15,17)/t14-/m0/s1. The van der Waals surface area contributed by atoms with Crippen molar-refractivity contribution in [2.45, 2.75) is 37.0 Å². The molecule has 7 nitrogen and oxygen atoms in total. The van der Waals surface area contributed by atoms with Gasteiger partial charge in [-0.15, -0.1) is 0 Å². The molecule has 3 rings (SSSR count). The minimum Gasteiger partial charge on any atom is -0.282 e. The first-order chi connectivity index (χ1) is 10.3. The van der Waals surface area contributed by atoms with Gasteiger partial charge in [0.25, 0.3) is 0 Å². The zero-order valence-electron chi connectivity index (χ0n) is 13.1. The highest BCUT2D eigenvalue weighted by molar-refractivity contribution is 7.89. The number of nitrogens with zero attached hydrogens (tertiary/aromatic N) is 4. The summed E-state index contributed by atoms with van der Waals surface area (Å²) in [5.41, 5.74) is 1.86. The van der Waals surface area contributed by atoms with Crippen LogP contribution in [0, 0.1) is 6.92 Å². The molecule has 0 saturated carbocycles. The molecule has 1 N–H and O–H groups in total. The average molecular weight is 323 g/mol. The van der Waals surface area contributed by atoms with Gasteiger partial charge in [0.05, 0.1) is 12.4 Å². The van der Waals surface area contributed by atoms with E-state index in [4.69, 9.17) is 0 Å². The van der Waals surface area contributed by atoms with Gasteiger partial charge in [0, 0.05) is 37.4 Å². The molecule has 8 heteroatoms. The van der Waals surface area contributed by atoms with Crippen molar-refractivity contribution < 1.29 is 8.42 Å². The summed E-state index contributed by atoms with van der Waals surface area (Å²) < 4.78 is 28.7. The number of hydrogen-bond donors (Lipinski definition) is 1. The summed E-state index contributed by atoms with van der Waals surface area (Å²) in [5, 5.41) is 11.1. The topological polar surface area (TPSA) is 83.9 Å². The molecule has 1 fully saturated rings.